The molecule has 1 atom stereocenters. The summed E-state index contributed by atoms with van der Waals surface area (Å²) in [5, 5.41) is 22.1. The number of hydrogen-bond donors (Lipinski definition) is 5. The second-order valence-corrected chi connectivity index (χ2v) is 5.37. The fourth-order valence-electron chi connectivity index (χ4n) is 2.47. The molecule has 0 aliphatic rings. The van der Waals surface area contributed by atoms with Crippen molar-refractivity contribution in [3.05, 3.63) is 47.8 Å². The van der Waals surface area contributed by atoms with Gasteiger partial charge in [-0.15, -0.1) is 0 Å². The molecule has 1 aromatic carbocycles. The predicted molar refractivity (Wildman–Crippen MR) is 91.2 cm³/mol. The first kappa shape index (κ1) is 15.8. The molecule has 8 heteroatoms. The third-order valence-electron chi connectivity index (χ3n) is 3.75. The van der Waals surface area contributed by atoms with Gasteiger partial charge in [-0.1, -0.05) is 30.3 Å². The van der Waals surface area contributed by atoms with Crippen molar-refractivity contribution in [2.24, 2.45) is 0 Å². The molecule has 0 spiro atoms. The lowest BCUT2D eigenvalue weighted by molar-refractivity contribution is 0.249. The second kappa shape index (κ2) is 6.55. The molecule has 0 saturated carbocycles. The van der Waals surface area contributed by atoms with Gasteiger partial charge in [-0.3, -0.25) is 10.4 Å². The third-order valence-corrected chi connectivity index (χ3v) is 3.75. The highest BCUT2D eigenvalue weighted by atomic mass is 16.3. The molecular weight excluding hydrogens is 308 g/mol. The monoisotopic (exact) mass is 326 g/mol. The number of anilines is 2. The number of aliphatic hydroxyl groups is 1. The summed E-state index contributed by atoms with van der Waals surface area (Å²) in [6.07, 6.45) is 1.53. The van der Waals surface area contributed by atoms with Crippen LogP contribution in [-0.2, 0) is 6.61 Å². The summed E-state index contributed by atoms with van der Waals surface area (Å²) in [6, 6.07) is 8.97. The van der Waals surface area contributed by atoms with E-state index in [-0.39, 0.29) is 24.2 Å². The number of hydrogen-bond acceptors (Lipinski definition) is 5. The molecule has 8 nitrogen and oxygen atoms in total. The zero-order valence-electron chi connectivity index (χ0n) is 13.1. The number of aliphatic hydroxyl groups excluding tert-OH is 1. The van der Waals surface area contributed by atoms with Gasteiger partial charge in [-0.05, 0) is 12.5 Å². The van der Waals surface area contributed by atoms with Crippen molar-refractivity contribution in [1.82, 2.24) is 20.5 Å². The molecule has 3 aromatic rings. The van der Waals surface area contributed by atoms with Crippen LogP contribution in [0.2, 0.25) is 0 Å². The van der Waals surface area contributed by atoms with Crippen LogP contribution in [-0.4, -0.2) is 26.3 Å². The number of H-pyrrole nitrogens is 1. The van der Waals surface area contributed by atoms with Crippen LogP contribution in [0.4, 0.5) is 16.3 Å². The predicted octanol–water partition coefficient (Wildman–Crippen LogP) is 1.92. The Labute approximate surface area is 138 Å². The SMILES string of the molecule is CC(NC(=O)Nc1nc(CO)c2cn[nH]c2c1N)c1ccccc1. The number of aromatic nitrogens is 3. The summed E-state index contributed by atoms with van der Waals surface area (Å²) in [5.41, 5.74) is 8.18. The molecule has 6 N–H and O–H groups in total. The molecule has 3 rings (SSSR count). The Morgan fingerprint density at radius 3 is 2.83 bits per heavy atom. The number of pyridine rings is 1. The van der Waals surface area contributed by atoms with Gasteiger partial charge in [0.15, 0.2) is 5.82 Å². The second-order valence-electron chi connectivity index (χ2n) is 5.37. The van der Waals surface area contributed by atoms with E-state index >= 15 is 0 Å². The summed E-state index contributed by atoms with van der Waals surface area (Å²) < 4.78 is 0. The molecular formula is C16H18N6O2. The number of amides is 2. The van der Waals surface area contributed by atoms with E-state index in [9.17, 15) is 9.90 Å². The van der Waals surface area contributed by atoms with Crippen molar-refractivity contribution in [2.45, 2.75) is 19.6 Å². The van der Waals surface area contributed by atoms with Crippen LogP contribution < -0.4 is 16.4 Å². The van der Waals surface area contributed by atoms with Crippen LogP contribution in [0.5, 0.6) is 0 Å². The van der Waals surface area contributed by atoms with Crippen LogP contribution in [0.25, 0.3) is 10.9 Å². The Bertz CT molecular complexity index is 862. The van der Waals surface area contributed by atoms with Crippen molar-refractivity contribution < 1.29 is 9.90 Å². The topological polar surface area (TPSA) is 129 Å². The molecule has 2 aromatic heterocycles. The first-order valence-corrected chi connectivity index (χ1v) is 7.45. The van der Waals surface area contributed by atoms with Crippen LogP contribution >= 0.6 is 0 Å². The zero-order valence-corrected chi connectivity index (χ0v) is 13.1. The molecule has 24 heavy (non-hydrogen) atoms. The van der Waals surface area contributed by atoms with E-state index in [1.54, 1.807) is 0 Å². The minimum absolute atomic E-state index is 0.175. The van der Waals surface area contributed by atoms with Crippen LogP contribution in [0, 0.1) is 0 Å². The Balaban J connectivity index is 1.79. The molecule has 1 unspecified atom stereocenters. The number of rotatable bonds is 4. The molecule has 0 fully saturated rings. The van der Waals surface area contributed by atoms with E-state index in [0.717, 1.165) is 5.56 Å². The highest BCUT2D eigenvalue weighted by Gasteiger charge is 2.16. The smallest absolute Gasteiger partial charge is 0.320 e. The van der Waals surface area contributed by atoms with Gasteiger partial charge >= 0.3 is 6.03 Å². The lowest BCUT2D eigenvalue weighted by atomic mass is 10.1. The number of nitrogen functional groups attached to an aromatic ring is 1. The number of benzene rings is 1. The molecule has 0 saturated heterocycles. The van der Waals surface area contributed by atoms with Gasteiger partial charge in [-0.25, -0.2) is 9.78 Å². The molecule has 0 bridgehead atoms. The first-order valence-electron chi connectivity index (χ1n) is 7.45. The van der Waals surface area contributed by atoms with Gasteiger partial charge in [0.05, 0.1) is 30.1 Å². The van der Waals surface area contributed by atoms with Crippen LogP contribution in [0.15, 0.2) is 36.5 Å². The number of nitrogens with one attached hydrogen (secondary N) is 3. The lowest BCUT2D eigenvalue weighted by Gasteiger charge is -2.16. The van der Waals surface area contributed by atoms with Crippen molar-refractivity contribution in [3.8, 4) is 0 Å². The highest BCUT2D eigenvalue weighted by Crippen LogP contribution is 2.27. The van der Waals surface area contributed by atoms with Gasteiger partial charge in [0.1, 0.15) is 5.69 Å². The van der Waals surface area contributed by atoms with E-state index in [1.807, 2.05) is 37.3 Å². The van der Waals surface area contributed by atoms with Crippen molar-refractivity contribution in [1.29, 1.82) is 0 Å². The summed E-state index contributed by atoms with van der Waals surface area (Å²) >= 11 is 0. The van der Waals surface area contributed by atoms with E-state index < -0.39 is 6.03 Å². The van der Waals surface area contributed by atoms with Gasteiger partial charge in [0.25, 0.3) is 0 Å². The first-order chi connectivity index (χ1) is 11.6. The summed E-state index contributed by atoms with van der Waals surface area (Å²) in [5.74, 6) is 0.175. The summed E-state index contributed by atoms with van der Waals surface area (Å²) in [6.45, 7) is 1.59. The fourth-order valence-corrected chi connectivity index (χ4v) is 2.47. The molecule has 0 aliphatic carbocycles. The average Bonchev–Trinajstić information content (AvgIpc) is 3.08. The Hall–Kier alpha value is -3.13. The number of nitrogens with two attached hydrogens (primary N) is 1. The summed E-state index contributed by atoms with van der Waals surface area (Å²) in [4.78, 5) is 16.4. The Kier molecular flexibility index (Phi) is 4.30. The normalized spacial score (nSPS) is 12.1. The number of fused-ring (bicyclic) bond motifs is 1. The minimum Gasteiger partial charge on any atom is -0.394 e. The summed E-state index contributed by atoms with van der Waals surface area (Å²) in [7, 11) is 0. The van der Waals surface area contributed by atoms with Crippen molar-refractivity contribution >= 4 is 28.4 Å². The standard InChI is InChI=1S/C16H18N6O2/c1-9(10-5-3-2-4-6-10)19-16(24)21-15-13(17)14-11(7-18-22-14)12(8-23)20-15/h2-7,9,23H,8,17H2,1H3,(H,18,22)(H2,19,20,21,24). The maximum Gasteiger partial charge on any atom is 0.320 e. The molecule has 0 radical (unpaired) electrons. The van der Waals surface area contributed by atoms with Gasteiger partial charge in [-0.2, -0.15) is 5.10 Å². The van der Waals surface area contributed by atoms with E-state index in [1.165, 1.54) is 6.20 Å². The number of carbonyl (C=O) groups is 1. The van der Waals surface area contributed by atoms with Gasteiger partial charge < -0.3 is 16.2 Å². The fraction of sp³-hybridized carbons (Fsp3) is 0.188. The van der Waals surface area contributed by atoms with E-state index in [2.05, 4.69) is 25.8 Å². The van der Waals surface area contributed by atoms with Crippen molar-refractivity contribution in [2.75, 3.05) is 11.1 Å². The number of nitrogens with zero attached hydrogens (tertiary/aromatic N) is 2. The van der Waals surface area contributed by atoms with Gasteiger partial charge in [0, 0.05) is 5.39 Å². The number of urea groups is 1. The van der Waals surface area contributed by atoms with Crippen LogP contribution in [0.3, 0.4) is 0 Å². The van der Waals surface area contributed by atoms with E-state index in [4.69, 9.17) is 5.73 Å². The highest BCUT2D eigenvalue weighted by molar-refractivity contribution is 6.00. The Morgan fingerprint density at radius 1 is 1.38 bits per heavy atom. The molecule has 124 valence electrons. The Morgan fingerprint density at radius 2 is 2.12 bits per heavy atom. The molecule has 2 heterocycles. The third kappa shape index (κ3) is 2.99. The molecule has 0 aliphatic heterocycles. The van der Waals surface area contributed by atoms with Gasteiger partial charge in [0.2, 0.25) is 0 Å². The number of carbonyl (C=O) groups excluding carboxylic acids is 1. The maximum atomic E-state index is 12.2. The molecule has 2 amide bonds. The lowest BCUT2D eigenvalue weighted by Crippen LogP contribution is -2.31. The van der Waals surface area contributed by atoms with Crippen LogP contribution in [0.1, 0.15) is 24.2 Å². The minimum atomic E-state index is -0.437. The number of aromatic amines is 1. The van der Waals surface area contributed by atoms with Crippen molar-refractivity contribution in [3.63, 3.8) is 0 Å². The van der Waals surface area contributed by atoms with E-state index in [0.29, 0.717) is 16.6 Å². The zero-order chi connectivity index (χ0) is 17.1. The largest absolute Gasteiger partial charge is 0.394 e. The average molecular weight is 326 g/mol. The maximum absolute atomic E-state index is 12.2. The quantitative estimate of drug-likeness (QED) is 0.500.